The van der Waals surface area contributed by atoms with Crippen LogP contribution in [0.5, 0.6) is 5.75 Å². The molecule has 5 heteroatoms. The molecule has 0 amide bonds. The van der Waals surface area contributed by atoms with E-state index in [-0.39, 0.29) is 17.5 Å². The predicted octanol–water partition coefficient (Wildman–Crippen LogP) is 6.13. The molecule has 3 nitrogen and oxygen atoms in total. The smallest absolute Gasteiger partial charge is 0.130 e. The average Bonchev–Trinajstić information content (AvgIpc) is 2.89. The lowest BCUT2D eigenvalue weighted by Crippen LogP contribution is -1.92. The number of aromatic hydroxyl groups is 1. The molecule has 3 aromatic rings. The maximum Gasteiger partial charge on any atom is 0.130 e. The normalized spacial score (nSPS) is 10.7. The van der Waals surface area contributed by atoms with Gasteiger partial charge in [0, 0.05) is 15.6 Å². The fourth-order valence-electron chi connectivity index (χ4n) is 2.88. The summed E-state index contributed by atoms with van der Waals surface area (Å²) in [7, 11) is 0. The first-order valence-corrected chi connectivity index (χ1v) is 9.27. The van der Waals surface area contributed by atoms with E-state index in [0.717, 1.165) is 10.1 Å². The van der Waals surface area contributed by atoms with Crippen LogP contribution >= 0.6 is 11.3 Å². The Labute approximate surface area is 157 Å². The van der Waals surface area contributed by atoms with Crippen molar-refractivity contribution in [3.05, 3.63) is 58.9 Å². The third-order valence-electron chi connectivity index (χ3n) is 4.12. The number of benzene rings is 2. The van der Waals surface area contributed by atoms with E-state index in [4.69, 9.17) is 11.0 Å². The summed E-state index contributed by atoms with van der Waals surface area (Å²) in [4.78, 5) is 0. The van der Waals surface area contributed by atoms with Gasteiger partial charge in [-0.3, -0.25) is 0 Å². The van der Waals surface area contributed by atoms with Gasteiger partial charge in [0.15, 0.2) is 0 Å². The number of thiophene rings is 1. The minimum Gasteiger partial charge on any atom is -0.508 e. The van der Waals surface area contributed by atoms with E-state index < -0.39 is 0 Å². The third kappa shape index (κ3) is 3.97. The Bertz CT molecular complexity index is 934. The molecule has 1 heterocycles. The lowest BCUT2D eigenvalue weighted by Gasteiger charge is -2.08. The zero-order valence-electron chi connectivity index (χ0n) is 15.4. The Hall–Kier alpha value is -2.58. The molecule has 0 aliphatic heterocycles. The van der Waals surface area contributed by atoms with Crippen LogP contribution in [0.1, 0.15) is 56.2 Å². The van der Waals surface area contributed by atoms with Gasteiger partial charge in [-0.25, -0.2) is 4.39 Å². The van der Waals surface area contributed by atoms with Gasteiger partial charge >= 0.3 is 0 Å². The van der Waals surface area contributed by atoms with Crippen LogP contribution in [0, 0.1) is 17.1 Å². The summed E-state index contributed by atoms with van der Waals surface area (Å²) in [6, 6.07) is 12.7. The summed E-state index contributed by atoms with van der Waals surface area (Å²) in [5.41, 5.74) is 8.07. The van der Waals surface area contributed by atoms with Gasteiger partial charge in [-0.15, -0.1) is 11.3 Å². The largest absolute Gasteiger partial charge is 0.508 e. The number of rotatable bonds is 2. The van der Waals surface area contributed by atoms with Crippen molar-refractivity contribution in [3.63, 3.8) is 0 Å². The van der Waals surface area contributed by atoms with E-state index in [0.29, 0.717) is 22.0 Å². The Morgan fingerprint density at radius 3 is 2.23 bits per heavy atom. The number of halogens is 1. The molecule has 0 spiro atoms. The molecule has 0 radical (unpaired) electrons. The second-order valence-corrected chi connectivity index (χ2v) is 7.74. The third-order valence-corrected chi connectivity index (χ3v) is 5.10. The fraction of sp³-hybridized carbons (Fsp3) is 0.286. The number of anilines is 1. The van der Waals surface area contributed by atoms with Crippen LogP contribution in [0.15, 0.2) is 36.4 Å². The van der Waals surface area contributed by atoms with Gasteiger partial charge in [-0.05, 0) is 35.6 Å². The van der Waals surface area contributed by atoms with E-state index in [1.807, 2.05) is 26.0 Å². The van der Waals surface area contributed by atoms with Gasteiger partial charge in [0.05, 0.1) is 5.56 Å². The first kappa shape index (κ1) is 19.7. The molecule has 0 aliphatic carbocycles. The number of nitrogen functional groups attached to an aromatic ring is 1. The Kier molecular flexibility index (Phi) is 6.23. The molecule has 3 rings (SSSR count). The van der Waals surface area contributed by atoms with E-state index in [1.165, 1.54) is 35.1 Å². The minimum absolute atomic E-state index is 0.0243. The minimum atomic E-state index is -0.333. The van der Waals surface area contributed by atoms with Gasteiger partial charge in [-0.1, -0.05) is 45.9 Å². The molecule has 3 N–H and O–H groups in total. The highest BCUT2D eigenvalue weighted by Gasteiger charge is 2.14. The van der Waals surface area contributed by atoms with Crippen LogP contribution in [0.3, 0.4) is 0 Å². The lowest BCUT2D eigenvalue weighted by atomic mass is 9.97. The van der Waals surface area contributed by atoms with E-state index in [1.54, 1.807) is 0 Å². The van der Waals surface area contributed by atoms with Crippen molar-refractivity contribution in [2.45, 2.75) is 39.5 Å². The van der Waals surface area contributed by atoms with Gasteiger partial charge in [0.1, 0.15) is 22.6 Å². The Morgan fingerprint density at radius 1 is 1.08 bits per heavy atom. The van der Waals surface area contributed by atoms with Crippen LogP contribution < -0.4 is 5.73 Å². The second-order valence-electron chi connectivity index (χ2n) is 6.66. The number of phenolic OH excluding ortho intramolecular Hbond substituents is 1. The summed E-state index contributed by atoms with van der Waals surface area (Å²) in [6.45, 7) is 7.95. The molecule has 0 atom stereocenters. The maximum atomic E-state index is 12.9. The highest BCUT2D eigenvalue weighted by Crippen LogP contribution is 2.37. The SMILES string of the molecule is CC(C)c1c(O)cccc1F.CC(C)c1cccc2sc(N)c(C#N)c12. The molecule has 1 aromatic heterocycles. The van der Waals surface area contributed by atoms with E-state index >= 15 is 0 Å². The van der Waals surface area contributed by atoms with E-state index in [2.05, 4.69) is 26.0 Å². The lowest BCUT2D eigenvalue weighted by molar-refractivity contribution is 0.454. The molecular formula is C21H23FN2OS. The summed E-state index contributed by atoms with van der Waals surface area (Å²) < 4.78 is 14.0. The summed E-state index contributed by atoms with van der Waals surface area (Å²) in [5.74, 6) is 0.144. The number of fused-ring (bicyclic) bond motifs is 1. The molecule has 0 saturated carbocycles. The Morgan fingerprint density at radius 2 is 1.73 bits per heavy atom. The van der Waals surface area contributed by atoms with Crippen molar-refractivity contribution in [1.29, 1.82) is 5.26 Å². The zero-order valence-corrected chi connectivity index (χ0v) is 16.2. The van der Waals surface area contributed by atoms with Crippen LogP contribution in [0.4, 0.5) is 9.39 Å². The summed E-state index contributed by atoms with van der Waals surface area (Å²) in [5, 5.41) is 20.0. The van der Waals surface area contributed by atoms with Crippen molar-refractivity contribution in [2.75, 3.05) is 5.73 Å². The second kappa shape index (κ2) is 8.20. The standard InChI is InChI=1S/C12H12N2S.C9H11FO/c1-7(2)8-4-3-5-10-11(8)9(6-13)12(14)15-10;1-6(2)9-7(10)4-3-5-8(9)11/h3-5,7H,14H2,1-2H3;3-6,11H,1-2H3. The van der Waals surface area contributed by atoms with Crippen molar-refractivity contribution in [1.82, 2.24) is 0 Å². The number of nitriles is 1. The number of nitrogens with two attached hydrogens (primary N) is 1. The van der Waals surface area contributed by atoms with Crippen molar-refractivity contribution in [2.24, 2.45) is 0 Å². The highest BCUT2D eigenvalue weighted by atomic mass is 32.1. The Balaban J connectivity index is 0.000000197. The first-order valence-electron chi connectivity index (χ1n) is 8.46. The van der Waals surface area contributed by atoms with Gasteiger partial charge in [0.2, 0.25) is 0 Å². The van der Waals surface area contributed by atoms with Crippen molar-refractivity contribution in [3.8, 4) is 11.8 Å². The van der Waals surface area contributed by atoms with Gasteiger partial charge in [-0.2, -0.15) is 5.26 Å². The number of nitrogens with zero attached hydrogens (tertiary/aromatic N) is 1. The molecule has 0 unspecified atom stereocenters. The molecule has 0 saturated heterocycles. The van der Waals surface area contributed by atoms with Crippen LogP contribution in [-0.2, 0) is 0 Å². The van der Waals surface area contributed by atoms with Crippen molar-refractivity contribution < 1.29 is 9.50 Å². The average molecular weight is 370 g/mol. The topological polar surface area (TPSA) is 70.0 Å². The molecule has 2 aromatic carbocycles. The quantitative estimate of drug-likeness (QED) is 0.570. The number of hydrogen-bond acceptors (Lipinski definition) is 4. The molecule has 0 fully saturated rings. The molecular weight excluding hydrogens is 347 g/mol. The maximum absolute atomic E-state index is 12.9. The fourth-order valence-corrected chi connectivity index (χ4v) is 3.84. The number of hydrogen-bond donors (Lipinski definition) is 2. The van der Waals surface area contributed by atoms with Gasteiger partial charge < -0.3 is 10.8 Å². The predicted molar refractivity (Wildman–Crippen MR) is 107 cm³/mol. The van der Waals surface area contributed by atoms with Gasteiger partial charge in [0.25, 0.3) is 0 Å². The molecule has 136 valence electrons. The van der Waals surface area contributed by atoms with Crippen LogP contribution in [0.2, 0.25) is 0 Å². The molecule has 0 bridgehead atoms. The molecule has 26 heavy (non-hydrogen) atoms. The van der Waals surface area contributed by atoms with Crippen molar-refractivity contribution >= 4 is 26.4 Å². The highest BCUT2D eigenvalue weighted by molar-refractivity contribution is 7.23. The summed E-state index contributed by atoms with van der Waals surface area (Å²) >= 11 is 1.49. The molecule has 0 aliphatic rings. The van der Waals surface area contributed by atoms with Crippen LogP contribution in [-0.4, -0.2) is 5.11 Å². The van der Waals surface area contributed by atoms with E-state index in [9.17, 15) is 9.50 Å². The summed E-state index contributed by atoms with van der Waals surface area (Å²) in [6.07, 6.45) is 0. The first-order chi connectivity index (χ1) is 12.3. The van der Waals surface area contributed by atoms with Crippen LogP contribution in [0.25, 0.3) is 10.1 Å². The number of phenols is 1. The zero-order chi connectivity index (χ0) is 19.4. The monoisotopic (exact) mass is 370 g/mol.